The maximum atomic E-state index is 6.44. The van der Waals surface area contributed by atoms with Crippen molar-refractivity contribution in [1.82, 2.24) is 14.9 Å². The summed E-state index contributed by atoms with van der Waals surface area (Å²) in [5.41, 5.74) is 3.62. The van der Waals surface area contributed by atoms with E-state index >= 15 is 0 Å². The number of aromatic nitrogens is 2. The summed E-state index contributed by atoms with van der Waals surface area (Å²) >= 11 is 3.49. The Hall–Kier alpha value is -2.42. The first-order valence-corrected chi connectivity index (χ1v) is 11.7. The first kappa shape index (κ1) is 20.2. The molecule has 2 aliphatic heterocycles. The molecule has 1 aromatic carbocycles. The van der Waals surface area contributed by atoms with Gasteiger partial charge >= 0.3 is 0 Å². The van der Waals surface area contributed by atoms with Crippen molar-refractivity contribution in [2.75, 3.05) is 20.7 Å². The minimum absolute atomic E-state index is 0.154. The number of H-pyrrole nitrogens is 1. The van der Waals surface area contributed by atoms with Gasteiger partial charge in [-0.15, -0.1) is 5.11 Å². The first-order chi connectivity index (χ1) is 15.4. The topological polar surface area (TPSA) is 78.2 Å². The van der Waals surface area contributed by atoms with Crippen LogP contribution in [-0.4, -0.2) is 53.1 Å². The number of hydrogen-bond acceptors (Lipinski definition) is 6. The normalized spacial score (nSPS) is 31.7. The summed E-state index contributed by atoms with van der Waals surface area (Å²) in [5, 5.41) is 10.5. The number of nitrogens with zero attached hydrogens (tertiary/aromatic N) is 5. The summed E-state index contributed by atoms with van der Waals surface area (Å²) < 4.78 is 7.34. The lowest BCUT2D eigenvalue weighted by Gasteiger charge is -2.54. The number of likely N-dealkylation sites (N-methyl/N-ethyl adjacent to an activating group) is 1. The molecule has 0 bridgehead atoms. The highest BCUT2D eigenvalue weighted by atomic mass is 79.9. The van der Waals surface area contributed by atoms with Crippen molar-refractivity contribution in [3.05, 3.63) is 64.0 Å². The Kier molecular flexibility index (Phi) is 4.44. The van der Waals surface area contributed by atoms with E-state index in [-0.39, 0.29) is 12.0 Å². The summed E-state index contributed by atoms with van der Waals surface area (Å²) in [6, 6.07) is 8.73. The molecule has 2 unspecified atom stereocenters. The Morgan fingerprint density at radius 1 is 1.28 bits per heavy atom. The number of pyridine rings is 1. The van der Waals surface area contributed by atoms with Gasteiger partial charge < -0.3 is 9.72 Å². The molecule has 3 aromatic rings. The van der Waals surface area contributed by atoms with Crippen LogP contribution < -0.4 is 0 Å². The average molecular weight is 493 g/mol. The number of methoxy groups -OCH3 is 1. The van der Waals surface area contributed by atoms with Gasteiger partial charge in [-0.3, -0.25) is 9.88 Å². The molecular weight excluding hydrogens is 468 g/mol. The van der Waals surface area contributed by atoms with Crippen LogP contribution in [0.5, 0.6) is 0 Å². The molecule has 1 aliphatic carbocycles. The maximum absolute atomic E-state index is 6.44. The highest BCUT2D eigenvalue weighted by molar-refractivity contribution is 9.10. The van der Waals surface area contributed by atoms with Crippen LogP contribution in [0.3, 0.4) is 0 Å². The number of amidine groups is 1. The van der Waals surface area contributed by atoms with E-state index in [9.17, 15) is 0 Å². The minimum atomic E-state index is -0.644. The zero-order chi connectivity index (χ0) is 22.1. The van der Waals surface area contributed by atoms with Crippen molar-refractivity contribution in [3.63, 3.8) is 0 Å². The summed E-state index contributed by atoms with van der Waals surface area (Å²) in [6.07, 6.45) is 7.49. The molecule has 8 heteroatoms. The Morgan fingerprint density at radius 3 is 2.97 bits per heavy atom. The second kappa shape index (κ2) is 7.04. The lowest BCUT2D eigenvalue weighted by Crippen LogP contribution is -2.61. The third-order valence-corrected chi connectivity index (χ3v) is 8.00. The summed E-state index contributed by atoms with van der Waals surface area (Å²) in [5.74, 6) is 0.789. The predicted molar refractivity (Wildman–Crippen MR) is 127 cm³/mol. The van der Waals surface area contributed by atoms with Gasteiger partial charge in [-0.05, 0) is 66.0 Å². The number of rotatable bonds is 3. The predicted octanol–water partition coefficient (Wildman–Crippen LogP) is 4.67. The zero-order valence-electron chi connectivity index (χ0n) is 18.3. The summed E-state index contributed by atoms with van der Waals surface area (Å²) in [4.78, 5) is 15.1. The number of nitrogens with one attached hydrogen (secondary N) is 1. The molecule has 7 nitrogen and oxygen atoms in total. The number of benzene rings is 1. The average Bonchev–Trinajstić information content (AvgIpc) is 3.40. The molecule has 0 saturated carbocycles. The van der Waals surface area contributed by atoms with Gasteiger partial charge in [0.25, 0.3) is 0 Å². The van der Waals surface area contributed by atoms with E-state index < -0.39 is 11.3 Å². The van der Waals surface area contributed by atoms with E-state index in [0.29, 0.717) is 5.84 Å². The molecular formula is C24H25BrN6O. The molecule has 0 radical (unpaired) electrons. The highest BCUT2D eigenvalue weighted by Gasteiger charge is 2.55. The van der Waals surface area contributed by atoms with Gasteiger partial charge in [-0.2, -0.15) is 5.11 Å². The van der Waals surface area contributed by atoms with E-state index in [1.807, 2.05) is 13.2 Å². The third-order valence-electron chi connectivity index (χ3n) is 7.57. The zero-order valence-corrected chi connectivity index (χ0v) is 19.9. The van der Waals surface area contributed by atoms with Crippen LogP contribution in [0.1, 0.15) is 30.0 Å². The van der Waals surface area contributed by atoms with Crippen LogP contribution in [0.15, 0.2) is 62.5 Å². The lowest BCUT2D eigenvalue weighted by molar-refractivity contribution is -0.133. The van der Waals surface area contributed by atoms with Crippen molar-refractivity contribution in [3.8, 4) is 0 Å². The number of aliphatic imine (C=N–C) groups is 1. The van der Waals surface area contributed by atoms with Crippen LogP contribution >= 0.6 is 15.9 Å². The fourth-order valence-corrected chi connectivity index (χ4v) is 6.28. The van der Waals surface area contributed by atoms with Gasteiger partial charge in [0.05, 0.1) is 0 Å². The molecule has 1 saturated heterocycles. The van der Waals surface area contributed by atoms with E-state index in [2.05, 4.69) is 79.4 Å². The van der Waals surface area contributed by atoms with E-state index in [1.165, 1.54) is 22.0 Å². The lowest BCUT2D eigenvalue weighted by atomic mass is 9.66. The Bertz CT molecular complexity index is 1280. The number of fused-ring (bicyclic) bond motifs is 2. The van der Waals surface area contributed by atoms with Crippen LogP contribution in [-0.2, 0) is 16.8 Å². The van der Waals surface area contributed by atoms with Gasteiger partial charge in [-0.1, -0.05) is 12.1 Å². The van der Waals surface area contributed by atoms with Crippen molar-refractivity contribution < 1.29 is 4.74 Å². The monoisotopic (exact) mass is 492 g/mol. The van der Waals surface area contributed by atoms with Crippen molar-refractivity contribution >= 4 is 32.7 Å². The number of ether oxygens (including phenoxy) is 1. The molecule has 2 aromatic heterocycles. The van der Waals surface area contributed by atoms with Crippen LogP contribution in [0.4, 0.5) is 0 Å². The van der Waals surface area contributed by atoms with Crippen molar-refractivity contribution in [2.24, 2.45) is 21.1 Å². The van der Waals surface area contributed by atoms with E-state index in [1.54, 1.807) is 12.4 Å². The number of azo groups is 1. The SMILES string of the molecule is CO[C@]12CC(C3(C)N=NC(c4cncc(Br)c4)=N3)CN(C)[C@@H]1Cc1c[nH]c3cccc2c13. The van der Waals surface area contributed by atoms with E-state index in [0.717, 1.165) is 29.4 Å². The number of hydrogen-bond donors (Lipinski definition) is 1. The molecule has 1 fully saturated rings. The smallest absolute Gasteiger partial charge is 0.180 e. The molecule has 4 atom stereocenters. The molecule has 4 heterocycles. The summed E-state index contributed by atoms with van der Waals surface area (Å²) in [7, 11) is 4.04. The second-order valence-electron chi connectivity index (χ2n) is 9.32. The Labute approximate surface area is 195 Å². The molecule has 0 amide bonds. The molecule has 3 aliphatic rings. The summed E-state index contributed by atoms with van der Waals surface area (Å²) in [6.45, 7) is 2.97. The van der Waals surface area contributed by atoms with Crippen molar-refractivity contribution in [2.45, 2.75) is 37.1 Å². The van der Waals surface area contributed by atoms with Crippen molar-refractivity contribution in [1.29, 1.82) is 0 Å². The van der Waals surface area contributed by atoms with Crippen LogP contribution in [0.2, 0.25) is 0 Å². The van der Waals surface area contributed by atoms with E-state index in [4.69, 9.17) is 9.73 Å². The highest BCUT2D eigenvalue weighted by Crippen LogP contribution is 2.52. The Morgan fingerprint density at radius 2 is 2.16 bits per heavy atom. The third kappa shape index (κ3) is 2.79. The van der Waals surface area contributed by atoms with Gasteiger partial charge in [-0.25, -0.2) is 4.99 Å². The fraction of sp³-hybridized carbons (Fsp3) is 0.417. The van der Waals surface area contributed by atoms with Crippen LogP contribution in [0, 0.1) is 5.92 Å². The number of likely N-dealkylation sites (tertiary alicyclic amines) is 1. The molecule has 0 spiro atoms. The molecule has 164 valence electrons. The number of aromatic amines is 1. The quantitative estimate of drug-likeness (QED) is 0.576. The van der Waals surface area contributed by atoms with Gasteiger partial charge in [0.2, 0.25) is 0 Å². The molecule has 6 rings (SSSR count). The standard InChI is InChI=1S/C24H25BrN6O/c1-23(28-22(29-30-23)15-7-17(25)12-26-10-15)16-9-24(32-3)18-5-4-6-19-21(18)14(11-27-19)8-20(24)31(2)13-16/h4-7,10-12,16,20,27H,8-9,13H2,1-3H3/t16?,20-,23?,24+/m1/s1. The van der Waals surface area contributed by atoms with Crippen LogP contribution in [0.25, 0.3) is 10.9 Å². The number of halogens is 1. The van der Waals surface area contributed by atoms with Gasteiger partial charge in [0.1, 0.15) is 5.60 Å². The Balaban J connectivity index is 1.42. The fourth-order valence-electron chi connectivity index (χ4n) is 5.92. The minimum Gasteiger partial charge on any atom is -0.372 e. The number of piperidine rings is 1. The van der Waals surface area contributed by atoms with Gasteiger partial charge in [0, 0.05) is 65.1 Å². The largest absolute Gasteiger partial charge is 0.372 e. The van der Waals surface area contributed by atoms with Gasteiger partial charge in [0.15, 0.2) is 11.5 Å². The first-order valence-electron chi connectivity index (χ1n) is 10.9. The molecule has 32 heavy (non-hydrogen) atoms. The molecule has 1 N–H and O–H groups in total. The second-order valence-corrected chi connectivity index (χ2v) is 10.2. The maximum Gasteiger partial charge on any atom is 0.180 e.